The van der Waals surface area contributed by atoms with Gasteiger partial charge in [0.2, 0.25) is 11.8 Å². The molecule has 0 aliphatic carbocycles. The molecule has 0 saturated carbocycles. The van der Waals surface area contributed by atoms with Gasteiger partial charge in [-0.2, -0.15) is 0 Å². The Labute approximate surface area is 178 Å². The summed E-state index contributed by atoms with van der Waals surface area (Å²) in [4.78, 5) is 60.7. The predicted molar refractivity (Wildman–Crippen MR) is 107 cm³/mol. The first-order valence-corrected chi connectivity index (χ1v) is 10.7. The lowest BCUT2D eigenvalue weighted by Gasteiger charge is -2.18. The van der Waals surface area contributed by atoms with Crippen LogP contribution in [0.2, 0.25) is 0 Å². The summed E-state index contributed by atoms with van der Waals surface area (Å²) in [6.07, 6.45) is -0.645. The number of pyridine rings is 1. The smallest absolute Gasteiger partial charge is 0.405 e. The highest BCUT2D eigenvalue weighted by Crippen LogP contribution is 2.29. The van der Waals surface area contributed by atoms with E-state index < -0.39 is 48.5 Å². The summed E-state index contributed by atoms with van der Waals surface area (Å²) < 4.78 is 0. The Kier molecular flexibility index (Phi) is 11.1. The van der Waals surface area contributed by atoms with E-state index in [-0.39, 0.29) is 18.6 Å². The number of rotatable bonds is 13. The lowest BCUT2D eigenvalue weighted by molar-refractivity contribution is -0.139. The fourth-order valence-electron chi connectivity index (χ4n) is 1.98. The Bertz CT molecular complexity index is 765. The van der Waals surface area contributed by atoms with Gasteiger partial charge in [0.05, 0.1) is 0 Å². The van der Waals surface area contributed by atoms with Gasteiger partial charge in [-0.1, -0.05) is 16.9 Å². The molecule has 0 aliphatic rings. The zero-order valence-corrected chi connectivity index (χ0v) is 17.1. The maximum absolute atomic E-state index is 12.2. The van der Waals surface area contributed by atoms with Crippen LogP contribution in [-0.2, 0) is 19.2 Å². The summed E-state index contributed by atoms with van der Waals surface area (Å²) >= 11 is 0. The van der Waals surface area contributed by atoms with E-state index in [1.165, 1.54) is 21.6 Å². The second-order valence-corrected chi connectivity index (χ2v) is 8.01. The van der Waals surface area contributed by atoms with Crippen LogP contribution in [0.5, 0.6) is 0 Å². The van der Waals surface area contributed by atoms with Crippen LogP contribution in [0.3, 0.4) is 0 Å². The normalized spacial score (nSPS) is 12.3. The maximum Gasteiger partial charge on any atom is 0.405 e. The van der Waals surface area contributed by atoms with Gasteiger partial charge >= 0.3 is 18.0 Å². The van der Waals surface area contributed by atoms with Crippen molar-refractivity contribution in [3.05, 3.63) is 24.4 Å². The first kappa shape index (κ1) is 25.0. The van der Waals surface area contributed by atoms with Gasteiger partial charge in [-0.05, 0) is 29.3 Å². The highest BCUT2D eigenvalue weighted by molar-refractivity contribution is 8.76. The minimum atomic E-state index is -1.54. The van der Waals surface area contributed by atoms with Crippen molar-refractivity contribution < 1.29 is 39.3 Å². The quantitative estimate of drug-likeness (QED) is 0.217. The number of carbonyl (C=O) groups excluding carboxylic acids is 2. The van der Waals surface area contributed by atoms with Crippen molar-refractivity contribution in [2.75, 3.05) is 12.3 Å². The second kappa shape index (κ2) is 13.3. The molecular weight excluding hydrogens is 440 g/mol. The minimum absolute atomic E-state index is 0.0775. The number of carbonyl (C=O) groups is 5. The highest BCUT2D eigenvalue weighted by atomic mass is 33.1. The van der Waals surface area contributed by atoms with Crippen LogP contribution in [0, 0.1) is 0 Å². The fraction of sp³-hybridized carbons (Fsp3) is 0.375. The molecule has 14 heteroatoms. The van der Waals surface area contributed by atoms with Crippen molar-refractivity contribution in [1.29, 1.82) is 0 Å². The fourth-order valence-corrected chi connectivity index (χ4v) is 4.04. The Morgan fingerprint density at radius 1 is 1.03 bits per heavy atom. The molecule has 164 valence electrons. The van der Waals surface area contributed by atoms with Gasteiger partial charge in [-0.3, -0.25) is 14.4 Å². The van der Waals surface area contributed by atoms with E-state index in [0.717, 1.165) is 0 Å². The van der Waals surface area contributed by atoms with Crippen molar-refractivity contribution in [3.8, 4) is 0 Å². The molecule has 0 saturated heterocycles. The van der Waals surface area contributed by atoms with Crippen molar-refractivity contribution in [1.82, 2.24) is 20.9 Å². The van der Waals surface area contributed by atoms with E-state index in [9.17, 15) is 24.0 Å². The van der Waals surface area contributed by atoms with E-state index in [1.807, 2.05) is 0 Å². The molecule has 0 aromatic carbocycles. The van der Waals surface area contributed by atoms with Crippen molar-refractivity contribution in [2.45, 2.75) is 30.0 Å². The van der Waals surface area contributed by atoms with Gasteiger partial charge in [0.15, 0.2) is 0 Å². The van der Waals surface area contributed by atoms with Gasteiger partial charge in [-0.25, -0.2) is 14.6 Å². The number of aliphatic carboxylic acids is 2. The molecule has 30 heavy (non-hydrogen) atoms. The van der Waals surface area contributed by atoms with Crippen LogP contribution in [0.1, 0.15) is 12.8 Å². The van der Waals surface area contributed by atoms with E-state index in [4.69, 9.17) is 15.3 Å². The van der Waals surface area contributed by atoms with Gasteiger partial charge in [0.1, 0.15) is 23.7 Å². The molecule has 0 unspecified atom stereocenters. The molecule has 1 rings (SSSR count). The third-order valence-corrected chi connectivity index (χ3v) is 5.61. The molecule has 0 aliphatic heterocycles. The molecule has 12 nitrogen and oxygen atoms in total. The lowest BCUT2D eigenvalue weighted by Crippen LogP contribution is -2.49. The average Bonchev–Trinajstić information content (AvgIpc) is 2.68. The van der Waals surface area contributed by atoms with E-state index in [1.54, 1.807) is 29.7 Å². The number of aromatic nitrogens is 1. The van der Waals surface area contributed by atoms with Crippen LogP contribution >= 0.6 is 21.6 Å². The van der Waals surface area contributed by atoms with Crippen molar-refractivity contribution in [2.24, 2.45) is 0 Å². The first-order chi connectivity index (χ1) is 14.2. The molecule has 1 aromatic heterocycles. The number of hydrogen-bond donors (Lipinski definition) is 6. The van der Waals surface area contributed by atoms with Crippen LogP contribution < -0.4 is 16.0 Å². The number of nitrogens with one attached hydrogen (secondary N) is 3. The number of nitrogens with zero attached hydrogens (tertiary/aromatic N) is 1. The standard InChI is InChI=1S/C16H20N4O8S2/c21-11(5-4-9(15(25)26)20-16(27)28)19-10(14(24)18-7-13(22)23)8-29-30-12-3-1-2-6-17-12/h1-3,6,9-10,20H,4-5,7-8H2,(H,18,24)(H,19,21)(H,22,23)(H,25,26)(H,27,28)/t9-,10-/m0/s1. The van der Waals surface area contributed by atoms with Crippen molar-refractivity contribution in [3.63, 3.8) is 0 Å². The SMILES string of the molecule is O=C(O)CNC(=O)[C@H](CSSc1ccccn1)NC(=O)CC[C@H](NC(=O)O)C(=O)O. The summed E-state index contributed by atoms with van der Waals surface area (Å²) in [7, 11) is 2.46. The molecule has 6 N–H and O–H groups in total. The Morgan fingerprint density at radius 3 is 2.33 bits per heavy atom. The molecule has 3 amide bonds. The zero-order valence-electron chi connectivity index (χ0n) is 15.4. The van der Waals surface area contributed by atoms with Gasteiger partial charge in [-0.15, -0.1) is 0 Å². The van der Waals surface area contributed by atoms with E-state index in [0.29, 0.717) is 5.03 Å². The average molecular weight is 460 g/mol. The van der Waals surface area contributed by atoms with Gasteiger partial charge < -0.3 is 31.3 Å². The Hall–Kier alpha value is -3.00. The molecule has 0 fully saturated rings. The summed E-state index contributed by atoms with van der Waals surface area (Å²) in [6, 6.07) is 2.69. The number of carboxylic acid groups (broad SMARTS) is 3. The van der Waals surface area contributed by atoms with Gasteiger partial charge in [0, 0.05) is 18.4 Å². The number of hydrogen-bond acceptors (Lipinski definition) is 8. The molecule has 0 radical (unpaired) electrons. The third kappa shape index (κ3) is 10.5. The first-order valence-electron chi connectivity index (χ1n) is 8.40. The summed E-state index contributed by atoms with van der Waals surface area (Å²) in [5.41, 5.74) is 0. The van der Waals surface area contributed by atoms with E-state index in [2.05, 4.69) is 15.6 Å². The molecular formula is C16H20N4O8S2. The second-order valence-electron chi connectivity index (χ2n) is 5.65. The summed E-state index contributed by atoms with van der Waals surface area (Å²) in [5, 5.41) is 33.3. The van der Waals surface area contributed by atoms with Crippen LogP contribution in [0.15, 0.2) is 29.4 Å². The maximum atomic E-state index is 12.2. The van der Waals surface area contributed by atoms with Gasteiger partial charge in [0.25, 0.3) is 0 Å². The Morgan fingerprint density at radius 2 is 1.77 bits per heavy atom. The number of amides is 3. The minimum Gasteiger partial charge on any atom is -0.480 e. The largest absolute Gasteiger partial charge is 0.480 e. The molecule has 1 heterocycles. The number of carboxylic acids is 2. The van der Waals surface area contributed by atoms with E-state index >= 15 is 0 Å². The molecule has 1 aromatic rings. The Balaban J connectivity index is 2.64. The zero-order chi connectivity index (χ0) is 22.5. The third-order valence-electron chi connectivity index (χ3n) is 3.34. The van der Waals surface area contributed by atoms with Crippen molar-refractivity contribution >= 4 is 51.4 Å². The monoisotopic (exact) mass is 460 g/mol. The molecule has 2 atom stereocenters. The van der Waals surface area contributed by atoms with Crippen LogP contribution in [0.25, 0.3) is 0 Å². The topological polar surface area (TPSA) is 195 Å². The molecule has 0 bridgehead atoms. The summed E-state index contributed by atoms with van der Waals surface area (Å²) in [6.45, 7) is -0.632. The van der Waals surface area contributed by atoms with Crippen LogP contribution in [-0.4, -0.2) is 74.5 Å². The summed E-state index contributed by atoms with van der Waals surface area (Å²) in [5.74, 6) is -4.03. The molecule has 0 spiro atoms. The lowest BCUT2D eigenvalue weighted by atomic mass is 10.1. The highest BCUT2D eigenvalue weighted by Gasteiger charge is 2.24. The van der Waals surface area contributed by atoms with Crippen LogP contribution in [0.4, 0.5) is 4.79 Å². The predicted octanol–water partition coefficient (Wildman–Crippen LogP) is 0.00850.